The number of nitrogens with zero attached hydrogens (tertiary/aromatic N) is 1. The highest BCUT2D eigenvalue weighted by atomic mass is 32.1. The molecular formula is C24H31N3O4S. The van der Waals surface area contributed by atoms with Crippen molar-refractivity contribution in [2.75, 3.05) is 5.32 Å². The maximum atomic E-state index is 12.4. The van der Waals surface area contributed by atoms with Crippen molar-refractivity contribution >= 4 is 34.8 Å². The Morgan fingerprint density at radius 1 is 1.12 bits per heavy atom. The minimum Gasteiger partial charge on any atom is -0.480 e. The van der Waals surface area contributed by atoms with Gasteiger partial charge in [-0.25, -0.2) is 9.78 Å². The Kier molecular flexibility index (Phi) is 8.39. The van der Waals surface area contributed by atoms with Crippen LogP contribution < -0.4 is 10.6 Å². The van der Waals surface area contributed by atoms with Crippen LogP contribution in [-0.2, 0) is 9.59 Å². The third-order valence-corrected chi connectivity index (χ3v) is 6.92. The second-order valence-corrected chi connectivity index (χ2v) is 9.76. The molecule has 0 aliphatic heterocycles. The topological polar surface area (TPSA) is 108 Å². The van der Waals surface area contributed by atoms with E-state index in [9.17, 15) is 19.5 Å². The van der Waals surface area contributed by atoms with Gasteiger partial charge >= 0.3 is 5.97 Å². The molecular weight excluding hydrogens is 426 g/mol. The summed E-state index contributed by atoms with van der Waals surface area (Å²) >= 11 is 1.20. The van der Waals surface area contributed by atoms with Gasteiger partial charge in [-0.05, 0) is 36.0 Å². The molecule has 1 fully saturated rings. The Morgan fingerprint density at radius 2 is 1.81 bits per heavy atom. The monoisotopic (exact) mass is 457 g/mol. The van der Waals surface area contributed by atoms with Crippen LogP contribution in [0.1, 0.15) is 68.6 Å². The summed E-state index contributed by atoms with van der Waals surface area (Å²) in [5.41, 5.74) is 1.62. The molecule has 3 N–H and O–H groups in total. The van der Waals surface area contributed by atoms with E-state index in [0.717, 1.165) is 22.5 Å². The molecule has 1 atom stereocenters. The summed E-state index contributed by atoms with van der Waals surface area (Å²) in [4.78, 5) is 40.9. The molecule has 2 amide bonds. The highest BCUT2D eigenvalue weighted by Crippen LogP contribution is 2.29. The molecule has 0 bridgehead atoms. The fourth-order valence-electron chi connectivity index (χ4n) is 3.98. The van der Waals surface area contributed by atoms with Crippen molar-refractivity contribution in [3.05, 3.63) is 35.5 Å². The molecule has 0 spiro atoms. The Bertz CT molecular complexity index is 933. The van der Waals surface area contributed by atoms with E-state index in [1.165, 1.54) is 43.4 Å². The lowest BCUT2D eigenvalue weighted by Crippen LogP contribution is -2.44. The fourth-order valence-corrected chi connectivity index (χ4v) is 4.81. The first kappa shape index (κ1) is 23.9. The first-order chi connectivity index (χ1) is 15.3. The maximum absolute atomic E-state index is 12.4. The summed E-state index contributed by atoms with van der Waals surface area (Å²) in [6.07, 6.45) is 9.47. The number of anilines is 1. The molecule has 0 saturated heterocycles. The van der Waals surface area contributed by atoms with Gasteiger partial charge in [0.25, 0.3) is 5.91 Å². The number of aromatic nitrogens is 1. The minimum atomic E-state index is -1.07. The van der Waals surface area contributed by atoms with E-state index >= 15 is 0 Å². The number of amides is 2. The predicted molar refractivity (Wildman–Crippen MR) is 126 cm³/mol. The zero-order valence-electron chi connectivity index (χ0n) is 18.6. The molecule has 1 heterocycles. The van der Waals surface area contributed by atoms with Gasteiger partial charge in [0.2, 0.25) is 5.91 Å². The van der Waals surface area contributed by atoms with Gasteiger partial charge in [0.15, 0.2) is 5.01 Å². The van der Waals surface area contributed by atoms with Crippen LogP contribution in [-0.4, -0.2) is 33.9 Å². The number of nitrogens with one attached hydrogen (secondary N) is 2. The lowest BCUT2D eigenvalue weighted by molar-refractivity contribution is -0.140. The minimum absolute atomic E-state index is 0.0400. The number of carboxylic acid groups (broad SMARTS) is 1. The highest BCUT2D eigenvalue weighted by Gasteiger charge is 2.25. The summed E-state index contributed by atoms with van der Waals surface area (Å²) in [5, 5.41) is 14.9. The van der Waals surface area contributed by atoms with Crippen LogP contribution in [0.4, 0.5) is 5.69 Å². The molecule has 0 radical (unpaired) electrons. The van der Waals surface area contributed by atoms with Crippen LogP contribution in [0, 0.1) is 11.8 Å². The van der Waals surface area contributed by atoms with E-state index in [0.29, 0.717) is 12.3 Å². The van der Waals surface area contributed by atoms with E-state index in [1.54, 1.807) is 20.0 Å². The smallest absolute Gasteiger partial charge is 0.326 e. The summed E-state index contributed by atoms with van der Waals surface area (Å²) in [6.45, 7) is 3.48. The zero-order chi connectivity index (χ0) is 23.1. The maximum Gasteiger partial charge on any atom is 0.326 e. The van der Waals surface area contributed by atoms with Crippen molar-refractivity contribution < 1.29 is 19.5 Å². The summed E-state index contributed by atoms with van der Waals surface area (Å²) < 4.78 is 0. The van der Waals surface area contributed by atoms with Crippen molar-refractivity contribution in [1.29, 1.82) is 0 Å². The van der Waals surface area contributed by atoms with Crippen LogP contribution in [0.5, 0.6) is 0 Å². The lowest BCUT2D eigenvalue weighted by atomic mass is 9.86. The van der Waals surface area contributed by atoms with Crippen molar-refractivity contribution in [2.45, 2.75) is 64.8 Å². The second-order valence-electron chi connectivity index (χ2n) is 8.73. The third kappa shape index (κ3) is 6.63. The number of hydrogen-bond acceptors (Lipinski definition) is 5. The molecule has 1 aliphatic carbocycles. The van der Waals surface area contributed by atoms with Gasteiger partial charge in [-0.2, -0.15) is 0 Å². The van der Waals surface area contributed by atoms with Crippen molar-refractivity contribution in [3.63, 3.8) is 0 Å². The molecule has 7 nitrogen and oxygen atoms in total. The molecule has 2 aromatic rings. The number of carbonyl (C=O) groups excluding carboxylic acids is 2. The molecule has 32 heavy (non-hydrogen) atoms. The van der Waals surface area contributed by atoms with E-state index < -0.39 is 17.9 Å². The number of carbonyl (C=O) groups is 3. The number of rotatable bonds is 9. The number of carboxylic acids is 1. The largest absolute Gasteiger partial charge is 0.480 e. The van der Waals surface area contributed by atoms with E-state index in [1.807, 2.05) is 24.3 Å². The molecule has 8 heteroatoms. The van der Waals surface area contributed by atoms with Gasteiger partial charge < -0.3 is 15.7 Å². The Balaban J connectivity index is 1.54. The van der Waals surface area contributed by atoms with Crippen LogP contribution in [0.25, 0.3) is 10.4 Å². The van der Waals surface area contributed by atoms with Crippen LogP contribution in [0.3, 0.4) is 0 Å². The molecule has 1 aliphatic rings. The third-order valence-electron chi connectivity index (χ3n) is 5.88. The lowest BCUT2D eigenvalue weighted by Gasteiger charge is -2.21. The van der Waals surface area contributed by atoms with Gasteiger partial charge in [0, 0.05) is 18.3 Å². The van der Waals surface area contributed by atoms with Gasteiger partial charge in [-0.3, -0.25) is 9.59 Å². The van der Waals surface area contributed by atoms with Crippen molar-refractivity contribution in [3.8, 4) is 10.4 Å². The predicted octanol–water partition coefficient (Wildman–Crippen LogP) is 4.95. The van der Waals surface area contributed by atoms with Crippen LogP contribution in [0.15, 0.2) is 30.5 Å². The van der Waals surface area contributed by atoms with Crippen LogP contribution >= 0.6 is 11.3 Å². The molecule has 1 saturated carbocycles. The Morgan fingerprint density at radius 3 is 2.44 bits per heavy atom. The van der Waals surface area contributed by atoms with E-state index in [2.05, 4.69) is 15.6 Å². The summed E-state index contributed by atoms with van der Waals surface area (Å²) in [7, 11) is 0. The molecule has 3 rings (SSSR count). The van der Waals surface area contributed by atoms with Gasteiger partial charge in [-0.1, -0.05) is 58.1 Å². The SMILES string of the molecule is CC(C)[C@H](NC(=O)c1ncc(-c2ccc(NC(=O)CCC3CCCCC3)cc2)s1)C(=O)O. The standard InChI is InChI=1S/C24H31N3O4S/c1-15(2)21(24(30)31)27-22(29)23-25-14-19(32-23)17-9-11-18(12-10-17)26-20(28)13-8-16-6-4-3-5-7-16/h9-12,14-16,21H,3-8,13H2,1-2H3,(H,26,28)(H,27,29)(H,30,31)/t21-/m0/s1. The van der Waals surface area contributed by atoms with Crippen LogP contribution in [0.2, 0.25) is 0 Å². The first-order valence-electron chi connectivity index (χ1n) is 11.2. The number of aliphatic carboxylic acids is 1. The van der Waals surface area contributed by atoms with Gasteiger partial charge in [0.05, 0.1) is 4.88 Å². The molecule has 172 valence electrons. The zero-order valence-corrected chi connectivity index (χ0v) is 19.4. The van der Waals surface area contributed by atoms with Gasteiger partial charge in [-0.15, -0.1) is 11.3 Å². The highest BCUT2D eigenvalue weighted by molar-refractivity contribution is 7.17. The average molecular weight is 458 g/mol. The van der Waals surface area contributed by atoms with E-state index in [4.69, 9.17) is 0 Å². The van der Waals surface area contributed by atoms with E-state index in [-0.39, 0.29) is 16.8 Å². The number of hydrogen-bond donors (Lipinski definition) is 3. The van der Waals surface area contributed by atoms with Crippen molar-refractivity contribution in [1.82, 2.24) is 10.3 Å². The normalized spacial score (nSPS) is 15.3. The molecule has 0 unspecified atom stereocenters. The Hall–Kier alpha value is -2.74. The Labute approximate surface area is 192 Å². The molecule has 1 aromatic carbocycles. The fraction of sp³-hybridized carbons (Fsp3) is 0.500. The second kappa shape index (κ2) is 11.2. The van der Waals surface area contributed by atoms with Crippen molar-refractivity contribution in [2.24, 2.45) is 11.8 Å². The number of benzene rings is 1. The van der Waals surface area contributed by atoms with Gasteiger partial charge in [0.1, 0.15) is 6.04 Å². The molecule has 1 aromatic heterocycles. The average Bonchev–Trinajstić information content (AvgIpc) is 3.27. The quantitative estimate of drug-likeness (QED) is 0.494. The first-order valence-corrected chi connectivity index (χ1v) is 12.0. The summed E-state index contributed by atoms with van der Waals surface area (Å²) in [5.74, 6) is -1.08. The summed E-state index contributed by atoms with van der Waals surface area (Å²) in [6, 6.07) is 6.47. The number of thiazole rings is 1.